The fraction of sp³-hybridized carbons (Fsp3) is 0.535. The zero-order valence-corrected chi connectivity index (χ0v) is 36.2. The van der Waals surface area contributed by atoms with Crippen LogP contribution in [-0.4, -0.2) is 100 Å². The number of ether oxygens (including phenoxy) is 5. The Labute approximate surface area is 347 Å². The number of carboxylic acids is 1. The van der Waals surface area contributed by atoms with Crippen LogP contribution in [0.1, 0.15) is 76.5 Å². The smallest absolute Gasteiger partial charge is 0.306 e. The highest BCUT2D eigenvalue weighted by molar-refractivity contribution is 8.76. The molecule has 0 aliphatic rings. The average Bonchev–Trinajstić information content (AvgIpc) is 3.24. The molecule has 0 saturated carbocycles. The normalized spacial score (nSPS) is 12.1. The maximum Gasteiger partial charge on any atom is 0.306 e. The van der Waals surface area contributed by atoms with E-state index in [1.54, 1.807) is 35.8 Å². The highest BCUT2D eigenvalue weighted by Crippen LogP contribution is 2.43. The lowest BCUT2D eigenvalue weighted by atomic mass is 9.79. The molecule has 0 heterocycles. The Morgan fingerprint density at radius 3 is 1.86 bits per heavy atom. The van der Waals surface area contributed by atoms with E-state index in [0.717, 1.165) is 46.8 Å². The molecule has 0 aromatic heterocycles. The number of esters is 1. The lowest BCUT2D eigenvalue weighted by Gasteiger charge is -2.39. The predicted octanol–water partition coefficient (Wildman–Crippen LogP) is 9.65. The largest absolute Gasteiger partial charge is 0.497 e. The summed E-state index contributed by atoms with van der Waals surface area (Å²) in [4.78, 5) is 27.6. The maximum atomic E-state index is 11.7. The summed E-state index contributed by atoms with van der Waals surface area (Å²) in [5, 5.41) is 12.4. The molecule has 0 fully saturated rings. The molecule has 0 radical (unpaired) electrons. The van der Waals surface area contributed by atoms with Crippen molar-refractivity contribution in [2.24, 2.45) is 10.5 Å². The van der Waals surface area contributed by atoms with Gasteiger partial charge in [0.2, 0.25) is 0 Å². The molecule has 1 unspecified atom stereocenters. The van der Waals surface area contributed by atoms with Crippen LogP contribution in [0.15, 0.2) is 84.0 Å². The van der Waals surface area contributed by atoms with Gasteiger partial charge in [0.25, 0.3) is 0 Å². The summed E-state index contributed by atoms with van der Waals surface area (Å²) < 4.78 is 29.6. The number of carboxylic acid groups (broad SMARTS) is 1. The molecular weight excluding hydrogens is 765 g/mol. The molecule has 0 aliphatic carbocycles. The fourth-order valence-corrected chi connectivity index (χ4v) is 8.43. The summed E-state index contributed by atoms with van der Waals surface area (Å²) in [5.41, 5.74) is 10.0. The highest BCUT2D eigenvalue weighted by Gasteiger charge is 2.40. The third-order valence-corrected chi connectivity index (χ3v) is 11.9. The van der Waals surface area contributed by atoms with Crippen LogP contribution in [0.3, 0.4) is 0 Å². The first-order chi connectivity index (χ1) is 27.6. The molecule has 314 valence electrons. The third kappa shape index (κ3) is 18.1. The SMILES string of the molecule is CCN(CC)CC.COc1ccc(C(OCC(C)(COCCCCN=[N+]=[N-])CSSCCCOC(=O)CCC(=O)O)(c2ccccc2)c2ccc(OC)cc2)cc1. The van der Waals surface area contributed by atoms with Crippen molar-refractivity contribution in [3.8, 4) is 11.5 Å². The van der Waals surface area contributed by atoms with Crippen LogP contribution < -0.4 is 9.47 Å². The summed E-state index contributed by atoms with van der Waals surface area (Å²) in [7, 11) is 6.68. The van der Waals surface area contributed by atoms with Crippen molar-refractivity contribution in [3.63, 3.8) is 0 Å². The lowest BCUT2D eigenvalue weighted by Crippen LogP contribution is -2.40. The molecule has 3 rings (SSSR count). The monoisotopic (exact) mass is 826 g/mol. The van der Waals surface area contributed by atoms with E-state index in [1.165, 1.54) is 19.6 Å². The van der Waals surface area contributed by atoms with Crippen molar-refractivity contribution in [1.82, 2.24) is 4.90 Å². The Balaban J connectivity index is 0.00000146. The van der Waals surface area contributed by atoms with Gasteiger partial charge in [0.05, 0.1) is 46.9 Å². The number of carbonyl (C=O) groups is 2. The average molecular weight is 827 g/mol. The minimum atomic E-state index is -1.02. The summed E-state index contributed by atoms with van der Waals surface area (Å²) >= 11 is 0. The fourth-order valence-electron chi connectivity index (χ4n) is 5.73. The van der Waals surface area contributed by atoms with E-state index < -0.39 is 23.0 Å². The van der Waals surface area contributed by atoms with Crippen LogP contribution >= 0.6 is 21.6 Å². The van der Waals surface area contributed by atoms with Crippen molar-refractivity contribution < 1.29 is 38.4 Å². The molecule has 3 aromatic carbocycles. The number of methoxy groups -OCH3 is 2. The number of rotatable bonds is 28. The maximum absolute atomic E-state index is 11.7. The first kappa shape index (κ1) is 49.2. The number of nitrogens with zero attached hydrogens (tertiary/aromatic N) is 4. The van der Waals surface area contributed by atoms with Gasteiger partial charge in [-0.05, 0) is 85.4 Å². The van der Waals surface area contributed by atoms with Gasteiger partial charge in [-0.2, -0.15) is 0 Å². The molecule has 1 atom stereocenters. The second kappa shape index (κ2) is 28.5. The van der Waals surface area contributed by atoms with Crippen LogP contribution in [-0.2, 0) is 29.4 Å². The van der Waals surface area contributed by atoms with E-state index in [4.69, 9.17) is 34.3 Å². The molecule has 0 aliphatic heterocycles. The number of unbranched alkanes of at least 4 members (excludes halogenated alkanes) is 1. The van der Waals surface area contributed by atoms with Crippen molar-refractivity contribution in [2.45, 2.75) is 65.4 Å². The van der Waals surface area contributed by atoms with Gasteiger partial charge in [-0.15, -0.1) is 0 Å². The van der Waals surface area contributed by atoms with Gasteiger partial charge in [-0.1, -0.05) is 109 Å². The van der Waals surface area contributed by atoms with E-state index in [-0.39, 0.29) is 19.4 Å². The van der Waals surface area contributed by atoms with Crippen molar-refractivity contribution in [1.29, 1.82) is 0 Å². The zero-order chi connectivity index (χ0) is 41.8. The summed E-state index contributed by atoms with van der Waals surface area (Å²) in [6, 6.07) is 26.0. The number of aliphatic carboxylic acids is 1. The Hall–Kier alpha value is -3.91. The van der Waals surface area contributed by atoms with E-state index in [1.807, 2.05) is 66.7 Å². The van der Waals surface area contributed by atoms with E-state index in [0.29, 0.717) is 38.5 Å². The van der Waals surface area contributed by atoms with Gasteiger partial charge < -0.3 is 33.7 Å². The Kier molecular flexibility index (Phi) is 24.6. The van der Waals surface area contributed by atoms with Gasteiger partial charge >= 0.3 is 11.9 Å². The molecule has 12 nitrogen and oxygen atoms in total. The second-order valence-corrected chi connectivity index (χ2v) is 16.1. The molecule has 1 N–H and O–H groups in total. The summed E-state index contributed by atoms with van der Waals surface area (Å²) in [5.74, 6) is 1.43. The quantitative estimate of drug-likeness (QED) is 0.0142. The van der Waals surface area contributed by atoms with Gasteiger partial charge in [0, 0.05) is 35.0 Å². The Bertz CT molecular complexity index is 1540. The van der Waals surface area contributed by atoms with Gasteiger partial charge in [0.15, 0.2) is 0 Å². The van der Waals surface area contributed by atoms with E-state index in [9.17, 15) is 9.59 Å². The van der Waals surface area contributed by atoms with Crippen molar-refractivity contribution >= 4 is 33.5 Å². The predicted molar refractivity (Wildman–Crippen MR) is 231 cm³/mol. The molecular formula is C43H62N4O8S2. The van der Waals surface area contributed by atoms with Crippen molar-refractivity contribution in [3.05, 3.63) is 106 Å². The lowest BCUT2D eigenvalue weighted by molar-refractivity contribution is -0.147. The molecule has 3 aromatic rings. The number of azide groups is 1. The van der Waals surface area contributed by atoms with Gasteiger partial charge in [-0.3, -0.25) is 9.59 Å². The molecule has 0 saturated heterocycles. The molecule has 0 amide bonds. The Morgan fingerprint density at radius 1 is 0.772 bits per heavy atom. The number of benzene rings is 3. The van der Waals surface area contributed by atoms with Crippen LogP contribution in [0.5, 0.6) is 11.5 Å². The minimum absolute atomic E-state index is 0.126. The summed E-state index contributed by atoms with van der Waals surface area (Å²) in [6.45, 7) is 14.3. The van der Waals surface area contributed by atoms with Crippen LogP contribution in [0, 0.1) is 5.41 Å². The summed E-state index contributed by atoms with van der Waals surface area (Å²) in [6.07, 6.45) is 1.81. The molecule has 57 heavy (non-hydrogen) atoms. The second-order valence-electron chi connectivity index (χ2n) is 13.5. The molecule has 0 spiro atoms. The van der Waals surface area contributed by atoms with Crippen LogP contribution in [0.2, 0.25) is 0 Å². The van der Waals surface area contributed by atoms with Crippen LogP contribution in [0.25, 0.3) is 10.4 Å². The highest BCUT2D eigenvalue weighted by atomic mass is 33.1. The topological polar surface area (TPSA) is 153 Å². The standard InChI is InChI=1S/C37H47N3O8S2.C6H15N/c1-36(26-46-23-8-7-22-39-40-38,28-50-49-25-9-24-47-35(43)21-20-34(41)42)27-48-37(29-10-5-4-6-11-29,30-12-16-32(44-2)17-13-30)31-14-18-33(45-3)19-15-31;1-4-7(5-2)6-3/h4-6,10-19H,7-9,20-28H2,1-3H3,(H,41,42);4-6H2,1-3H3. The molecule has 0 bridgehead atoms. The van der Waals surface area contributed by atoms with Gasteiger partial charge in [-0.25, -0.2) is 0 Å². The first-order valence-electron chi connectivity index (χ1n) is 19.5. The van der Waals surface area contributed by atoms with E-state index >= 15 is 0 Å². The zero-order valence-electron chi connectivity index (χ0n) is 34.5. The van der Waals surface area contributed by atoms with Gasteiger partial charge in [0.1, 0.15) is 17.1 Å². The van der Waals surface area contributed by atoms with Crippen LogP contribution in [0.4, 0.5) is 0 Å². The third-order valence-electron chi connectivity index (χ3n) is 9.13. The number of hydrogen-bond acceptors (Lipinski definition) is 11. The van der Waals surface area contributed by atoms with Crippen molar-refractivity contribution in [2.75, 3.05) is 78.3 Å². The molecule has 14 heteroatoms. The number of hydrogen-bond donors (Lipinski definition) is 1. The minimum Gasteiger partial charge on any atom is -0.497 e. The number of carbonyl (C=O) groups excluding carboxylic acids is 1. The Morgan fingerprint density at radius 2 is 1.35 bits per heavy atom. The van der Waals surface area contributed by atoms with E-state index in [2.05, 4.69) is 54.8 Å². The first-order valence-corrected chi connectivity index (χ1v) is 22.0.